The van der Waals surface area contributed by atoms with Crippen LogP contribution in [-0.2, 0) is 9.59 Å². The van der Waals surface area contributed by atoms with E-state index in [1.807, 2.05) is 0 Å². The SMILES string of the molecule is COc1ccc(OCC(=O)N[C@H]2CC[C@@H](C(=O)O)C2)cc1. The second kappa shape index (κ2) is 6.97. The third kappa shape index (κ3) is 4.37. The largest absolute Gasteiger partial charge is 0.497 e. The molecule has 0 unspecified atom stereocenters. The van der Waals surface area contributed by atoms with E-state index in [9.17, 15) is 9.59 Å². The fraction of sp³-hybridized carbons (Fsp3) is 0.467. The van der Waals surface area contributed by atoms with Gasteiger partial charge in [-0.05, 0) is 43.5 Å². The lowest BCUT2D eigenvalue weighted by Gasteiger charge is -2.13. The van der Waals surface area contributed by atoms with E-state index < -0.39 is 5.97 Å². The first kappa shape index (κ1) is 15.2. The number of ether oxygens (including phenoxy) is 2. The van der Waals surface area contributed by atoms with Crippen molar-refractivity contribution < 1.29 is 24.2 Å². The molecule has 0 aliphatic heterocycles. The number of rotatable bonds is 6. The summed E-state index contributed by atoms with van der Waals surface area (Å²) in [6.07, 6.45) is 1.80. The number of aliphatic carboxylic acids is 1. The van der Waals surface area contributed by atoms with Crippen molar-refractivity contribution in [3.63, 3.8) is 0 Å². The number of carboxylic acids is 1. The summed E-state index contributed by atoms with van der Waals surface area (Å²) in [5.41, 5.74) is 0. The van der Waals surface area contributed by atoms with E-state index >= 15 is 0 Å². The summed E-state index contributed by atoms with van der Waals surface area (Å²) in [5.74, 6) is -0.0702. The van der Waals surface area contributed by atoms with Gasteiger partial charge in [0.15, 0.2) is 6.61 Å². The van der Waals surface area contributed by atoms with Gasteiger partial charge in [-0.3, -0.25) is 9.59 Å². The lowest BCUT2D eigenvalue weighted by Crippen LogP contribution is -2.36. The summed E-state index contributed by atoms with van der Waals surface area (Å²) < 4.78 is 10.4. The molecule has 6 nitrogen and oxygen atoms in total. The van der Waals surface area contributed by atoms with E-state index in [0.717, 1.165) is 5.75 Å². The molecule has 0 aromatic heterocycles. The molecule has 0 saturated heterocycles. The molecule has 0 bridgehead atoms. The third-order valence-corrected chi connectivity index (χ3v) is 3.58. The fourth-order valence-corrected chi connectivity index (χ4v) is 2.43. The number of methoxy groups -OCH3 is 1. The van der Waals surface area contributed by atoms with Gasteiger partial charge in [0.25, 0.3) is 5.91 Å². The van der Waals surface area contributed by atoms with E-state index in [1.54, 1.807) is 31.4 Å². The van der Waals surface area contributed by atoms with Gasteiger partial charge in [-0.25, -0.2) is 0 Å². The number of benzene rings is 1. The topological polar surface area (TPSA) is 84.9 Å². The number of nitrogens with one attached hydrogen (secondary N) is 1. The number of amides is 1. The minimum Gasteiger partial charge on any atom is -0.497 e. The summed E-state index contributed by atoms with van der Waals surface area (Å²) in [5, 5.41) is 11.7. The van der Waals surface area contributed by atoms with Crippen molar-refractivity contribution in [3.05, 3.63) is 24.3 Å². The number of carboxylic acid groups (broad SMARTS) is 1. The standard InChI is InChI=1S/C15H19NO5/c1-20-12-4-6-13(7-5-12)21-9-14(17)16-11-3-2-10(8-11)15(18)19/h4-7,10-11H,2-3,8-9H2,1H3,(H,16,17)(H,18,19)/t10-,11+/m1/s1. The molecule has 114 valence electrons. The molecule has 0 spiro atoms. The fourth-order valence-electron chi connectivity index (χ4n) is 2.43. The predicted octanol–water partition coefficient (Wildman–Crippen LogP) is 1.44. The van der Waals surface area contributed by atoms with Gasteiger partial charge in [0.05, 0.1) is 13.0 Å². The molecule has 1 aliphatic carbocycles. The normalized spacial score (nSPS) is 20.8. The van der Waals surface area contributed by atoms with Crippen LogP contribution < -0.4 is 14.8 Å². The van der Waals surface area contributed by atoms with Gasteiger partial charge in [-0.1, -0.05) is 0 Å². The Hall–Kier alpha value is -2.24. The summed E-state index contributed by atoms with van der Waals surface area (Å²) >= 11 is 0. The van der Waals surface area contributed by atoms with Crippen molar-refractivity contribution in [3.8, 4) is 11.5 Å². The molecule has 1 fully saturated rings. The maximum atomic E-state index is 11.8. The minimum absolute atomic E-state index is 0.0712. The quantitative estimate of drug-likeness (QED) is 0.829. The van der Waals surface area contributed by atoms with Crippen LogP contribution in [0.4, 0.5) is 0 Å². The maximum absolute atomic E-state index is 11.8. The van der Waals surface area contributed by atoms with Crippen LogP contribution in [0.2, 0.25) is 0 Å². The minimum atomic E-state index is -0.791. The van der Waals surface area contributed by atoms with Crippen LogP contribution in [0.1, 0.15) is 19.3 Å². The Morgan fingerprint density at radius 2 is 1.90 bits per heavy atom. The molecule has 1 aromatic carbocycles. The molecule has 2 atom stereocenters. The summed E-state index contributed by atoms with van der Waals surface area (Å²) in [6.45, 7) is -0.0828. The predicted molar refractivity (Wildman–Crippen MR) is 75.4 cm³/mol. The molecular formula is C15H19NO5. The van der Waals surface area contributed by atoms with Crippen molar-refractivity contribution in [1.82, 2.24) is 5.32 Å². The summed E-state index contributed by atoms with van der Waals surface area (Å²) in [7, 11) is 1.58. The zero-order valence-corrected chi connectivity index (χ0v) is 11.9. The van der Waals surface area contributed by atoms with E-state index in [0.29, 0.717) is 25.0 Å². The van der Waals surface area contributed by atoms with E-state index in [-0.39, 0.29) is 24.5 Å². The van der Waals surface area contributed by atoms with Crippen molar-refractivity contribution in [2.75, 3.05) is 13.7 Å². The molecule has 2 rings (SSSR count). The smallest absolute Gasteiger partial charge is 0.306 e. The number of carbonyl (C=O) groups is 2. The van der Waals surface area contributed by atoms with Gasteiger partial charge in [0.2, 0.25) is 0 Å². The summed E-state index contributed by atoms with van der Waals surface area (Å²) in [6, 6.07) is 6.88. The van der Waals surface area contributed by atoms with Crippen LogP contribution in [0.15, 0.2) is 24.3 Å². The van der Waals surface area contributed by atoms with Gasteiger partial charge in [-0.2, -0.15) is 0 Å². The second-order valence-corrected chi connectivity index (χ2v) is 5.08. The average molecular weight is 293 g/mol. The molecule has 1 saturated carbocycles. The first-order valence-electron chi connectivity index (χ1n) is 6.87. The Morgan fingerprint density at radius 3 is 2.48 bits per heavy atom. The highest BCUT2D eigenvalue weighted by Crippen LogP contribution is 2.25. The highest BCUT2D eigenvalue weighted by molar-refractivity contribution is 5.78. The molecule has 1 aliphatic rings. The van der Waals surface area contributed by atoms with E-state index in [2.05, 4.69) is 5.32 Å². The number of hydrogen-bond acceptors (Lipinski definition) is 4. The first-order valence-corrected chi connectivity index (χ1v) is 6.87. The zero-order valence-electron chi connectivity index (χ0n) is 11.9. The van der Waals surface area contributed by atoms with Crippen molar-refractivity contribution >= 4 is 11.9 Å². The number of carbonyl (C=O) groups excluding carboxylic acids is 1. The van der Waals surface area contributed by atoms with Gasteiger partial charge >= 0.3 is 5.97 Å². The number of hydrogen-bond donors (Lipinski definition) is 2. The molecular weight excluding hydrogens is 274 g/mol. The van der Waals surface area contributed by atoms with Gasteiger partial charge in [-0.15, -0.1) is 0 Å². The van der Waals surface area contributed by atoms with Crippen LogP contribution in [-0.4, -0.2) is 36.7 Å². The lowest BCUT2D eigenvalue weighted by atomic mass is 10.1. The van der Waals surface area contributed by atoms with Crippen LogP contribution in [0, 0.1) is 5.92 Å². The molecule has 2 N–H and O–H groups in total. The Labute approximate surface area is 123 Å². The van der Waals surface area contributed by atoms with E-state index in [4.69, 9.17) is 14.6 Å². The van der Waals surface area contributed by atoms with Crippen LogP contribution in [0.5, 0.6) is 11.5 Å². The Kier molecular flexibility index (Phi) is 5.03. The van der Waals surface area contributed by atoms with Crippen LogP contribution in [0.3, 0.4) is 0 Å². The first-order chi connectivity index (χ1) is 10.1. The maximum Gasteiger partial charge on any atom is 0.306 e. The molecule has 1 aromatic rings. The van der Waals surface area contributed by atoms with Crippen molar-refractivity contribution in [1.29, 1.82) is 0 Å². The van der Waals surface area contributed by atoms with Crippen LogP contribution in [0.25, 0.3) is 0 Å². The molecule has 6 heteroatoms. The molecule has 21 heavy (non-hydrogen) atoms. The van der Waals surface area contributed by atoms with Gasteiger partial charge in [0.1, 0.15) is 11.5 Å². The monoisotopic (exact) mass is 293 g/mol. The van der Waals surface area contributed by atoms with Crippen molar-refractivity contribution in [2.45, 2.75) is 25.3 Å². The highest BCUT2D eigenvalue weighted by Gasteiger charge is 2.30. The van der Waals surface area contributed by atoms with Crippen LogP contribution >= 0.6 is 0 Å². The Morgan fingerprint density at radius 1 is 1.24 bits per heavy atom. The average Bonchev–Trinajstić information content (AvgIpc) is 2.94. The van der Waals surface area contributed by atoms with E-state index in [1.165, 1.54) is 0 Å². The van der Waals surface area contributed by atoms with Gasteiger partial charge in [0, 0.05) is 6.04 Å². The second-order valence-electron chi connectivity index (χ2n) is 5.08. The lowest BCUT2D eigenvalue weighted by molar-refractivity contribution is -0.141. The molecule has 0 radical (unpaired) electrons. The third-order valence-electron chi connectivity index (χ3n) is 3.58. The Bertz CT molecular complexity index is 499. The molecule has 0 heterocycles. The van der Waals surface area contributed by atoms with Gasteiger partial charge < -0.3 is 19.9 Å². The zero-order chi connectivity index (χ0) is 15.2. The summed E-state index contributed by atoms with van der Waals surface area (Å²) in [4.78, 5) is 22.6. The highest BCUT2D eigenvalue weighted by atomic mass is 16.5. The Balaban J connectivity index is 1.73. The molecule has 1 amide bonds. The van der Waals surface area contributed by atoms with Crippen molar-refractivity contribution in [2.24, 2.45) is 5.92 Å².